The summed E-state index contributed by atoms with van der Waals surface area (Å²) in [6, 6.07) is 0. The summed E-state index contributed by atoms with van der Waals surface area (Å²) >= 11 is 0. The minimum absolute atomic E-state index is 0.00801. The number of rotatable bonds is 11. The first-order chi connectivity index (χ1) is 15.6. The fraction of sp³-hybridized carbons (Fsp3) is 0.423. The monoisotopic (exact) mass is 455 g/mol. The van der Waals surface area contributed by atoms with Gasteiger partial charge in [-0.25, -0.2) is 4.79 Å². The number of hydrogen-bond acceptors (Lipinski definition) is 5. The maximum Gasteiger partial charge on any atom is 0.328 e. The first-order valence-corrected chi connectivity index (χ1v) is 11.2. The van der Waals surface area contributed by atoms with E-state index in [0.29, 0.717) is 11.5 Å². The predicted molar refractivity (Wildman–Crippen MR) is 126 cm³/mol. The molecule has 0 spiro atoms. The molecule has 33 heavy (non-hydrogen) atoms. The van der Waals surface area contributed by atoms with Crippen molar-refractivity contribution in [3.63, 3.8) is 0 Å². The van der Waals surface area contributed by atoms with Crippen molar-refractivity contribution in [2.45, 2.75) is 64.8 Å². The molecular weight excluding hydrogens is 422 g/mol. The average Bonchev–Trinajstić information content (AvgIpc) is 3.55. The molecule has 7 heteroatoms. The van der Waals surface area contributed by atoms with Gasteiger partial charge < -0.3 is 20.3 Å². The minimum Gasteiger partial charge on any atom is -0.478 e. The van der Waals surface area contributed by atoms with Gasteiger partial charge in [-0.3, -0.25) is 9.59 Å². The van der Waals surface area contributed by atoms with Gasteiger partial charge in [0.05, 0.1) is 5.70 Å². The highest BCUT2D eigenvalue weighted by atomic mass is 16.6. The number of carboxylic acids is 1. The molecular formula is C26H33NO6. The third-order valence-corrected chi connectivity index (χ3v) is 5.39. The quantitative estimate of drug-likeness (QED) is 0.249. The highest BCUT2D eigenvalue weighted by Gasteiger charge is 2.59. The molecule has 1 aliphatic carbocycles. The van der Waals surface area contributed by atoms with Crippen molar-refractivity contribution in [2.75, 3.05) is 0 Å². The SMILES string of the molecule is CCCCC(C)/C=C(C)/C=C(\C)C(=O)NC1=C[C@](O)(/C=C/C=C/C=C/C(=O)O)[C@@H]2O[C@@H]2C1=O. The summed E-state index contributed by atoms with van der Waals surface area (Å²) in [5.74, 6) is -1.45. The van der Waals surface area contributed by atoms with Crippen LogP contribution in [0.5, 0.6) is 0 Å². The third kappa shape index (κ3) is 7.80. The third-order valence-electron chi connectivity index (χ3n) is 5.39. The predicted octanol–water partition coefficient (Wildman–Crippen LogP) is 3.54. The van der Waals surface area contributed by atoms with Gasteiger partial charge in [0, 0.05) is 11.6 Å². The standard InChI is InChI=1S/C26H33NO6/c1-5-6-11-17(2)14-18(3)15-19(4)25(31)27-20-16-26(32,24-23(33-24)22(20)30)13-10-8-7-9-12-21(28)29/h7-10,12-17,23-24,32H,5-6,11H2,1-4H3,(H,27,31)(H,28,29)/b8-7+,12-9+,13-10+,18-14+,19-15+/t17?,23-,24-,26-/m1/s1. The van der Waals surface area contributed by atoms with E-state index in [2.05, 4.69) is 25.2 Å². The topological polar surface area (TPSA) is 116 Å². The van der Waals surface area contributed by atoms with E-state index < -0.39 is 29.7 Å². The number of aliphatic carboxylic acids is 1. The number of allylic oxidation sites excluding steroid dienone is 7. The van der Waals surface area contributed by atoms with E-state index >= 15 is 0 Å². The van der Waals surface area contributed by atoms with Crippen LogP contribution in [0.2, 0.25) is 0 Å². The zero-order chi connectivity index (χ0) is 24.6. The van der Waals surface area contributed by atoms with E-state index in [1.165, 1.54) is 30.4 Å². The molecule has 178 valence electrons. The molecule has 1 aliphatic heterocycles. The Morgan fingerprint density at radius 3 is 2.61 bits per heavy atom. The van der Waals surface area contributed by atoms with E-state index in [-0.39, 0.29) is 11.5 Å². The summed E-state index contributed by atoms with van der Waals surface area (Å²) in [6.07, 6.45) is 15.4. The number of epoxide rings is 1. The zero-order valence-corrected chi connectivity index (χ0v) is 19.6. The summed E-state index contributed by atoms with van der Waals surface area (Å²) in [5.41, 5.74) is -0.147. The zero-order valence-electron chi connectivity index (χ0n) is 19.6. The Morgan fingerprint density at radius 1 is 1.24 bits per heavy atom. The molecule has 2 rings (SSSR count). The van der Waals surface area contributed by atoms with Gasteiger partial charge in [-0.2, -0.15) is 0 Å². The van der Waals surface area contributed by atoms with Gasteiger partial charge in [-0.15, -0.1) is 0 Å². The van der Waals surface area contributed by atoms with Crippen LogP contribution in [-0.4, -0.2) is 45.7 Å². The lowest BCUT2D eigenvalue weighted by molar-refractivity contribution is -0.131. The number of carbonyl (C=O) groups is 3. The molecule has 1 heterocycles. The van der Waals surface area contributed by atoms with E-state index in [1.807, 2.05) is 6.92 Å². The number of carboxylic acid groups (broad SMARTS) is 1. The van der Waals surface area contributed by atoms with Crippen LogP contribution < -0.4 is 5.32 Å². The molecule has 1 saturated heterocycles. The number of ketones is 1. The van der Waals surface area contributed by atoms with Crippen molar-refractivity contribution >= 4 is 17.7 Å². The summed E-state index contributed by atoms with van der Waals surface area (Å²) in [6.45, 7) is 7.91. The number of fused-ring (bicyclic) bond motifs is 1. The van der Waals surface area contributed by atoms with Gasteiger partial charge in [0.25, 0.3) is 5.91 Å². The molecule has 0 aromatic heterocycles. The lowest BCUT2D eigenvalue weighted by Crippen LogP contribution is -2.42. The van der Waals surface area contributed by atoms with Crippen molar-refractivity contribution in [1.29, 1.82) is 0 Å². The fourth-order valence-corrected chi connectivity index (χ4v) is 3.65. The Labute approximate surface area is 194 Å². The Morgan fingerprint density at radius 2 is 1.94 bits per heavy atom. The van der Waals surface area contributed by atoms with E-state index in [1.54, 1.807) is 19.1 Å². The lowest BCUT2D eigenvalue weighted by atomic mass is 9.88. The van der Waals surface area contributed by atoms with Gasteiger partial charge in [-0.05, 0) is 38.3 Å². The molecule has 0 radical (unpaired) electrons. The van der Waals surface area contributed by atoms with Crippen LogP contribution in [0.15, 0.2) is 71.5 Å². The molecule has 0 saturated carbocycles. The van der Waals surface area contributed by atoms with Crippen molar-refractivity contribution in [3.05, 3.63) is 71.5 Å². The van der Waals surface area contributed by atoms with Gasteiger partial charge in [0.2, 0.25) is 5.78 Å². The molecule has 7 nitrogen and oxygen atoms in total. The molecule has 0 aromatic carbocycles. The Hall–Kier alpha value is -3.03. The van der Waals surface area contributed by atoms with E-state index in [9.17, 15) is 19.5 Å². The second-order valence-corrected chi connectivity index (χ2v) is 8.54. The average molecular weight is 456 g/mol. The first-order valence-electron chi connectivity index (χ1n) is 11.2. The normalized spacial score (nSPS) is 26.6. The van der Waals surface area contributed by atoms with Crippen LogP contribution in [0.4, 0.5) is 0 Å². The first kappa shape index (κ1) is 26.2. The smallest absolute Gasteiger partial charge is 0.328 e. The number of unbranched alkanes of at least 4 members (excludes halogenated alkanes) is 1. The van der Waals surface area contributed by atoms with Crippen molar-refractivity contribution < 1.29 is 29.3 Å². The number of ether oxygens (including phenoxy) is 1. The van der Waals surface area contributed by atoms with Gasteiger partial charge in [0.15, 0.2) is 6.10 Å². The highest BCUT2D eigenvalue weighted by Crippen LogP contribution is 2.40. The summed E-state index contributed by atoms with van der Waals surface area (Å²) in [4.78, 5) is 35.6. The molecule has 1 amide bonds. The maximum absolute atomic E-state index is 12.7. The summed E-state index contributed by atoms with van der Waals surface area (Å²) in [7, 11) is 0. The largest absolute Gasteiger partial charge is 0.478 e. The molecule has 1 unspecified atom stereocenters. The van der Waals surface area contributed by atoms with Crippen LogP contribution in [0, 0.1) is 5.92 Å². The molecule has 0 bridgehead atoms. The number of amides is 1. The van der Waals surface area contributed by atoms with Crippen LogP contribution in [-0.2, 0) is 19.1 Å². The maximum atomic E-state index is 12.7. The number of Topliss-reactive ketones (excluding diaryl/α,β-unsaturated/α-hetero) is 1. The fourth-order valence-electron chi connectivity index (χ4n) is 3.65. The van der Waals surface area contributed by atoms with Crippen LogP contribution in [0.3, 0.4) is 0 Å². The Balaban J connectivity index is 2.09. The Kier molecular flexibility index (Phi) is 9.32. The summed E-state index contributed by atoms with van der Waals surface area (Å²) in [5, 5.41) is 22.1. The second kappa shape index (κ2) is 11.7. The summed E-state index contributed by atoms with van der Waals surface area (Å²) < 4.78 is 5.33. The molecule has 4 atom stereocenters. The number of nitrogens with one attached hydrogen (secondary N) is 1. The second-order valence-electron chi connectivity index (χ2n) is 8.54. The van der Waals surface area contributed by atoms with Crippen molar-refractivity contribution in [2.24, 2.45) is 5.92 Å². The molecule has 3 N–H and O–H groups in total. The highest BCUT2D eigenvalue weighted by molar-refractivity contribution is 6.07. The van der Waals surface area contributed by atoms with Gasteiger partial charge in [-0.1, -0.05) is 68.7 Å². The van der Waals surface area contributed by atoms with E-state index in [0.717, 1.165) is 30.9 Å². The van der Waals surface area contributed by atoms with Crippen LogP contribution in [0.1, 0.15) is 47.0 Å². The molecule has 2 aliphatic rings. The van der Waals surface area contributed by atoms with Crippen LogP contribution >= 0.6 is 0 Å². The van der Waals surface area contributed by atoms with Crippen molar-refractivity contribution in [3.8, 4) is 0 Å². The molecule has 0 aromatic rings. The van der Waals surface area contributed by atoms with Crippen LogP contribution in [0.25, 0.3) is 0 Å². The van der Waals surface area contributed by atoms with E-state index in [4.69, 9.17) is 9.84 Å². The van der Waals surface area contributed by atoms with Gasteiger partial charge >= 0.3 is 5.97 Å². The van der Waals surface area contributed by atoms with Crippen molar-refractivity contribution in [1.82, 2.24) is 5.32 Å². The van der Waals surface area contributed by atoms with Gasteiger partial charge in [0.1, 0.15) is 11.7 Å². The Bertz CT molecular complexity index is 952. The number of hydrogen-bond donors (Lipinski definition) is 3. The molecule has 1 fully saturated rings. The lowest BCUT2D eigenvalue weighted by Gasteiger charge is -2.23. The number of carbonyl (C=O) groups excluding carboxylic acids is 2. The number of aliphatic hydroxyl groups is 1. The minimum atomic E-state index is -1.57.